The van der Waals surface area contributed by atoms with E-state index in [9.17, 15) is 14.7 Å². The van der Waals surface area contributed by atoms with Crippen molar-refractivity contribution in [2.24, 2.45) is 0 Å². The molecule has 0 spiro atoms. The van der Waals surface area contributed by atoms with Crippen molar-refractivity contribution in [1.29, 1.82) is 0 Å². The van der Waals surface area contributed by atoms with Gasteiger partial charge in [0.05, 0.1) is 29.3 Å². The number of aliphatic hydroxyl groups excluding tert-OH is 1. The van der Waals surface area contributed by atoms with Gasteiger partial charge in [-0.25, -0.2) is 0 Å². The minimum atomic E-state index is -0.935. The lowest BCUT2D eigenvalue weighted by molar-refractivity contribution is -0.132. The van der Waals surface area contributed by atoms with E-state index < -0.39 is 23.5 Å². The van der Waals surface area contributed by atoms with E-state index in [1.807, 2.05) is 31.2 Å². The number of anilines is 1. The molecule has 0 bridgehead atoms. The van der Waals surface area contributed by atoms with Crippen LogP contribution in [0.3, 0.4) is 0 Å². The predicted octanol–water partition coefficient (Wildman–Crippen LogP) is 7.89. The lowest BCUT2D eigenvalue weighted by Crippen LogP contribution is -2.29. The predicted molar refractivity (Wildman–Crippen MR) is 149 cm³/mol. The largest absolute Gasteiger partial charge is 0.507 e. The maximum absolute atomic E-state index is 13.5. The molecule has 1 unspecified atom stereocenters. The van der Waals surface area contributed by atoms with E-state index in [4.69, 9.17) is 39.5 Å². The number of Topliss-reactive ketones (excluding diaryl/α,β-unsaturated/α-hetero) is 1. The zero-order valence-electron chi connectivity index (χ0n) is 21.0. The van der Waals surface area contributed by atoms with Crippen LogP contribution in [0, 0.1) is 6.92 Å². The number of carbonyl (C=O) groups excluding carboxylic acids is 2. The monoisotopic (exact) mass is 557 g/mol. The van der Waals surface area contributed by atoms with Crippen molar-refractivity contribution >= 4 is 57.9 Å². The molecule has 1 saturated heterocycles. The van der Waals surface area contributed by atoms with Crippen LogP contribution in [0.2, 0.25) is 15.1 Å². The molecule has 1 atom stereocenters. The lowest BCUT2D eigenvalue weighted by Gasteiger charge is -2.27. The number of benzene rings is 3. The van der Waals surface area contributed by atoms with Gasteiger partial charge in [0.1, 0.15) is 11.5 Å². The van der Waals surface area contributed by atoms with E-state index in [0.29, 0.717) is 16.3 Å². The van der Waals surface area contributed by atoms with Crippen molar-refractivity contribution < 1.29 is 19.4 Å². The Balaban J connectivity index is 2.00. The van der Waals surface area contributed by atoms with Crippen LogP contribution in [-0.2, 0) is 15.0 Å². The van der Waals surface area contributed by atoms with Crippen LogP contribution < -0.4 is 9.64 Å². The molecule has 4 rings (SSSR count). The summed E-state index contributed by atoms with van der Waals surface area (Å²) in [7, 11) is 1.39. The molecule has 0 saturated carbocycles. The molecule has 0 radical (unpaired) electrons. The normalized spacial score (nSPS) is 17.4. The Morgan fingerprint density at radius 3 is 2.16 bits per heavy atom. The molecule has 1 amide bonds. The number of hydrogen-bond donors (Lipinski definition) is 1. The third-order valence-electron chi connectivity index (χ3n) is 6.44. The van der Waals surface area contributed by atoms with Gasteiger partial charge in [-0.3, -0.25) is 14.5 Å². The topological polar surface area (TPSA) is 66.8 Å². The van der Waals surface area contributed by atoms with Gasteiger partial charge in [-0.2, -0.15) is 0 Å². The molecule has 8 heteroatoms. The van der Waals surface area contributed by atoms with E-state index in [2.05, 4.69) is 20.8 Å². The number of aryl methyl sites for hydroxylation is 1. The number of carbonyl (C=O) groups is 2. The molecule has 3 aromatic rings. The fraction of sp³-hybridized carbons (Fsp3) is 0.241. The van der Waals surface area contributed by atoms with Crippen LogP contribution in [0.15, 0.2) is 60.2 Å². The summed E-state index contributed by atoms with van der Waals surface area (Å²) in [6.45, 7) is 8.13. The van der Waals surface area contributed by atoms with Crippen LogP contribution in [0.5, 0.6) is 5.75 Å². The number of amides is 1. The summed E-state index contributed by atoms with van der Waals surface area (Å²) < 4.78 is 5.40. The van der Waals surface area contributed by atoms with Crippen molar-refractivity contribution in [3.63, 3.8) is 0 Å². The first kappa shape index (κ1) is 27.1. The molecule has 1 heterocycles. The van der Waals surface area contributed by atoms with Crippen molar-refractivity contribution in [3.8, 4) is 5.75 Å². The third-order valence-corrected chi connectivity index (χ3v) is 7.34. The number of halogens is 3. The highest BCUT2D eigenvalue weighted by Gasteiger charge is 2.47. The van der Waals surface area contributed by atoms with Crippen molar-refractivity contribution in [3.05, 3.63) is 97.5 Å². The van der Waals surface area contributed by atoms with Gasteiger partial charge in [-0.15, -0.1) is 0 Å². The summed E-state index contributed by atoms with van der Waals surface area (Å²) in [4.78, 5) is 28.3. The number of methoxy groups -OCH3 is 1. The highest BCUT2D eigenvalue weighted by molar-refractivity contribution is 6.52. The standard InChI is InChI=1S/C29H26Cl3NO4/c1-15-6-11-19(14-21(15)31)33-24(16-7-9-17(10-8-16)29(2,3)4)23(26(35)28(33)36)25(34)20-12-18(30)13-22(32)27(20)37-5/h6-14,24,34H,1-5H3/b25-23+. The van der Waals surface area contributed by atoms with Gasteiger partial charge < -0.3 is 9.84 Å². The van der Waals surface area contributed by atoms with Crippen LogP contribution in [0.4, 0.5) is 5.69 Å². The SMILES string of the molecule is COc1c(Cl)cc(Cl)cc1/C(O)=C1\C(=O)C(=O)N(c2ccc(C)c(Cl)c2)C1c1ccc(C(C)(C)C)cc1. The zero-order chi connectivity index (χ0) is 27.2. The van der Waals surface area contributed by atoms with Crippen LogP contribution in [-0.4, -0.2) is 23.9 Å². The Hall–Kier alpha value is -2.99. The fourth-order valence-electron chi connectivity index (χ4n) is 4.40. The average molecular weight is 559 g/mol. The Kier molecular flexibility index (Phi) is 7.35. The highest BCUT2D eigenvalue weighted by Crippen LogP contribution is 2.45. The summed E-state index contributed by atoms with van der Waals surface area (Å²) in [6, 6.07) is 14.7. The van der Waals surface area contributed by atoms with E-state index in [1.165, 1.54) is 24.1 Å². The van der Waals surface area contributed by atoms with Gasteiger partial charge in [-0.05, 0) is 53.3 Å². The first-order valence-corrected chi connectivity index (χ1v) is 12.7. The summed E-state index contributed by atoms with van der Waals surface area (Å²) in [5.74, 6) is -1.95. The molecule has 1 aliphatic rings. The Labute approximate surface area is 231 Å². The average Bonchev–Trinajstić information content (AvgIpc) is 3.10. The molecule has 5 nitrogen and oxygen atoms in total. The number of rotatable bonds is 4. The fourth-order valence-corrected chi connectivity index (χ4v) is 5.15. The van der Waals surface area contributed by atoms with Gasteiger partial charge in [0.2, 0.25) is 0 Å². The second kappa shape index (κ2) is 10.1. The molecule has 3 aromatic carbocycles. The zero-order valence-corrected chi connectivity index (χ0v) is 23.3. The first-order chi connectivity index (χ1) is 17.3. The lowest BCUT2D eigenvalue weighted by atomic mass is 9.85. The molecule has 192 valence electrons. The van der Waals surface area contributed by atoms with E-state index in [-0.39, 0.29) is 32.3 Å². The van der Waals surface area contributed by atoms with E-state index in [0.717, 1.165) is 11.1 Å². The van der Waals surface area contributed by atoms with Crippen molar-refractivity contribution in [1.82, 2.24) is 0 Å². The van der Waals surface area contributed by atoms with E-state index >= 15 is 0 Å². The quantitative estimate of drug-likeness (QED) is 0.201. The Morgan fingerprint density at radius 1 is 0.946 bits per heavy atom. The number of nitrogens with zero attached hydrogens (tertiary/aromatic N) is 1. The molecule has 0 aromatic heterocycles. The van der Waals surface area contributed by atoms with Crippen LogP contribution in [0.1, 0.15) is 49.1 Å². The van der Waals surface area contributed by atoms with Crippen molar-refractivity contribution in [2.45, 2.75) is 39.2 Å². The third kappa shape index (κ3) is 4.96. The summed E-state index contributed by atoms with van der Waals surface area (Å²) in [6.07, 6.45) is 0. The van der Waals surface area contributed by atoms with Gasteiger partial charge in [0.15, 0.2) is 0 Å². The second-order valence-electron chi connectivity index (χ2n) is 9.94. The van der Waals surface area contributed by atoms with Crippen LogP contribution in [0.25, 0.3) is 5.76 Å². The first-order valence-electron chi connectivity index (χ1n) is 11.6. The van der Waals surface area contributed by atoms with Crippen molar-refractivity contribution in [2.75, 3.05) is 12.0 Å². The number of ketones is 1. The van der Waals surface area contributed by atoms with Gasteiger partial charge in [0.25, 0.3) is 11.7 Å². The molecular formula is C29H26Cl3NO4. The number of hydrogen-bond acceptors (Lipinski definition) is 4. The van der Waals surface area contributed by atoms with Gasteiger partial charge in [-0.1, -0.05) is 85.9 Å². The Morgan fingerprint density at radius 2 is 1.59 bits per heavy atom. The molecule has 1 fully saturated rings. The minimum absolute atomic E-state index is 0.101. The highest BCUT2D eigenvalue weighted by atomic mass is 35.5. The van der Waals surface area contributed by atoms with Crippen LogP contribution >= 0.6 is 34.8 Å². The molecule has 0 aliphatic carbocycles. The number of aliphatic hydroxyl groups is 1. The molecule has 37 heavy (non-hydrogen) atoms. The molecule has 1 aliphatic heterocycles. The second-order valence-corrected chi connectivity index (χ2v) is 11.2. The van der Waals surface area contributed by atoms with E-state index in [1.54, 1.807) is 18.2 Å². The molecular weight excluding hydrogens is 533 g/mol. The molecule has 1 N–H and O–H groups in total. The maximum Gasteiger partial charge on any atom is 0.300 e. The minimum Gasteiger partial charge on any atom is -0.507 e. The number of ether oxygens (including phenoxy) is 1. The van der Waals surface area contributed by atoms with Gasteiger partial charge >= 0.3 is 0 Å². The summed E-state index contributed by atoms with van der Waals surface area (Å²) >= 11 is 18.9. The van der Waals surface area contributed by atoms with Gasteiger partial charge in [0, 0.05) is 15.7 Å². The smallest absolute Gasteiger partial charge is 0.300 e. The Bertz CT molecular complexity index is 1440. The maximum atomic E-state index is 13.5. The summed E-state index contributed by atoms with van der Waals surface area (Å²) in [5.41, 5.74) is 2.87. The summed E-state index contributed by atoms with van der Waals surface area (Å²) in [5, 5.41) is 12.3.